The molecule has 2 N–H and O–H groups in total. The minimum Gasteiger partial charge on any atom is -0.469 e. The summed E-state index contributed by atoms with van der Waals surface area (Å²) in [6, 6.07) is 5.76. The van der Waals surface area contributed by atoms with E-state index in [1.165, 1.54) is 7.11 Å². The molecule has 21 heavy (non-hydrogen) atoms. The van der Waals surface area contributed by atoms with E-state index in [2.05, 4.69) is 4.90 Å². The summed E-state index contributed by atoms with van der Waals surface area (Å²) in [6.45, 7) is 0.638. The van der Waals surface area contributed by atoms with Gasteiger partial charge in [-0.1, -0.05) is 12.1 Å². The summed E-state index contributed by atoms with van der Waals surface area (Å²) in [7, 11) is 3.39. The highest BCUT2D eigenvalue weighted by molar-refractivity contribution is 6.04. The lowest BCUT2D eigenvalue weighted by atomic mass is 9.71. The number of piperidine rings is 1. The van der Waals surface area contributed by atoms with E-state index >= 15 is 0 Å². The molecule has 1 aliphatic carbocycles. The predicted octanol–water partition coefficient (Wildman–Crippen LogP) is 1.43. The average Bonchev–Trinajstić information content (AvgIpc) is 2.47. The topological polar surface area (TPSA) is 72.6 Å². The van der Waals surface area contributed by atoms with E-state index in [0.29, 0.717) is 30.6 Å². The first kappa shape index (κ1) is 14.1. The van der Waals surface area contributed by atoms with Crippen LogP contribution in [0.1, 0.15) is 34.7 Å². The number of likely N-dealkylation sites (N-methyl/N-ethyl adjacent to an activating group) is 1. The fourth-order valence-electron chi connectivity index (χ4n) is 3.81. The first-order valence-electron chi connectivity index (χ1n) is 7.22. The zero-order valence-electron chi connectivity index (χ0n) is 12.3. The number of hydrogen-bond acceptors (Lipinski definition) is 5. The van der Waals surface area contributed by atoms with Crippen molar-refractivity contribution in [1.82, 2.24) is 4.90 Å². The quantitative estimate of drug-likeness (QED) is 0.625. The molecule has 1 aliphatic heterocycles. The third-order valence-electron chi connectivity index (χ3n) is 4.81. The van der Waals surface area contributed by atoms with Crippen molar-refractivity contribution in [2.75, 3.05) is 26.4 Å². The fourth-order valence-corrected chi connectivity index (χ4v) is 3.81. The van der Waals surface area contributed by atoms with Crippen LogP contribution in [-0.2, 0) is 9.53 Å². The van der Waals surface area contributed by atoms with Crippen LogP contribution >= 0.6 is 0 Å². The molecule has 0 spiro atoms. The number of carbonyl (C=O) groups excluding carboxylic acids is 2. The minimum absolute atomic E-state index is 0.104. The van der Waals surface area contributed by atoms with Crippen molar-refractivity contribution in [3.8, 4) is 0 Å². The Balaban J connectivity index is 2.01. The van der Waals surface area contributed by atoms with Gasteiger partial charge in [-0.15, -0.1) is 0 Å². The van der Waals surface area contributed by atoms with Gasteiger partial charge in [-0.05, 0) is 25.1 Å². The number of rotatable bonds is 1. The van der Waals surface area contributed by atoms with Gasteiger partial charge in [0.05, 0.1) is 13.0 Å². The first-order valence-corrected chi connectivity index (χ1v) is 7.22. The first-order chi connectivity index (χ1) is 10.0. The number of nitrogens with zero attached hydrogens (tertiary/aromatic N) is 1. The van der Waals surface area contributed by atoms with Gasteiger partial charge in [0, 0.05) is 36.2 Å². The number of nitrogens with two attached hydrogens (primary N) is 1. The number of anilines is 1. The summed E-state index contributed by atoms with van der Waals surface area (Å²) >= 11 is 0. The van der Waals surface area contributed by atoms with Crippen molar-refractivity contribution < 1.29 is 14.3 Å². The Labute approximate surface area is 124 Å². The maximum Gasteiger partial charge on any atom is 0.309 e. The van der Waals surface area contributed by atoms with E-state index in [-0.39, 0.29) is 29.6 Å². The molecule has 0 aromatic heterocycles. The van der Waals surface area contributed by atoms with Crippen LogP contribution in [0.5, 0.6) is 0 Å². The van der Waals surface area contributed by atoms with E-state index < -0.39 is 0 Å². The number of likely N-dealkylation sites (tertiary alicyclic amines) is 1. The molecule has 1 aromatic carbocycles. The van der Waals surface area contributed by atoms with E-state index in [4.69, 9.17) is 10.5 Å². The van der Waals surface area contributed by atoms with Crippen LogP contribution in [0.4, 0.5) is 5.69 Å². The van der Waals surface area contributed by atoms with Crippen molar-refractivity contribution in [2.24, 2.45) is 5.92 Å². The van der Waals surface area contributed by atoms with Crippen molar-refractivity contribution in [3.05, 3.63) is 29.3 Å². The monoisotopic (exact) mass is 288 g/mol. The maximum atomic E-state index is 12.4. The van der Waals surface area contributed by atoms with Gasteiger partial charge in [0.25, 0.3) is 0 Å². The second-order valence-corrected chi connectivity index (χ2v) is 6.01. The zero-order chi connectivity index (χ0) is 15.1. The number of Topliss-reactive ketones (excluding diaryl/α,β-unsaturated/α-hetero) is 1. The Hall–Kier alpha value is -1.88. The molecule has 0 radical (unpaired) electrons. The summed E-state index contributed by atoms with van der Waals surface area (Å²) in [4.78, 5) is 26.4. The number of nitrogen functional groups attached to an aromatic ring is 1. The summed E-state index contributed by atoms with van der Waals surface area (Å²) in [6.07, 6.45) is 1.18. The third kappa shape index (κ3) is 2.21. The van der Waals surface area contributed by atoms with Gasteiger partial charge in [0.15, 0.2) is 5.78 Å². The van der Waals surface area contributed by atoms with Crippen LogP contribution in [0.15, 0.2) is 18.2 Å². The highest BCUT2D eigenvalue weighted by Crippen LogP contribution is 2.43. The molecule has 2 aliphatic rings. The van der Waals surface area contributed by atoms with Gasteiger partial charge in [0.2, 0.25) is 0 Å². The second-order valence-electron chi connectivity index (χ2n) is 6.01. The lowest BCUT2D eigenvalue weighted by Gasteiger charge is -2.45. The van der Waals surface area contributed by atoms with E-state index in [1.54, 1.807) is 6.07 Å². The van der Waals surface area contributed by atoms with Crippen LogP contribution < -0.4 is 5.73 Å². The molecular formula is C16H20N2O3. The molecule has 1 aromatic rings. The molecule has 0 unspecified atom stereocenters. The summed E-state index contributed by atoms with van der Waals surface area (Å²) in [5.74, 6) is -0.0665. The number of carbonyl (C=O) groups is 2. The highest BCUT2D eigenvalue weighted by atomic mass is 16.5. The molecule has 1 saturated heterocycles. The Kier molecular flexibility index (Phi) is 3.45. The molecule has 0 bridgehead atoms. The van der Waals surface area contributed by atoms with E-state index in [0.717, 1.165) is 5.56 Å². The van der Waals surface area contributed by atoms with Gasteiger partial charge in [-0.2, -0.15) is 0 Å². The lowest BCUT2D eigenvalue weighted by molar-refractivity contribution is -0.148. The largest absolute Gasteiger partial charge is 0.469 e. The van der Waals surface area contributed by atoms with Gasteiger partial charge in [-0.25, -0.2) is 0 Å². The van der Waals surface area contributed by atoms with E-state index in [1.807, 2.05) is 19.2 Å². The molecule has 0 amide bonds. The standard InChI is InChI=1S/C16H20N2O3/c1-18-8-9(16(20)21-2)6-11-10-4-3-5-12(17)15(10)14(19)7-13(11)18/h3-5,9,11,13H,6-8,17H2,1-2H3/t9-,11-,13-/m1/s1. The maximum absolute atomic E-state index is 12.4. The number of benzene rings is 1. The Morgan fingerprint density at radius 1 is 1.43 bits per heavy atom. The molecule has 1 heterocycles. The normalized spacial score (nSPS) is 28.7. The van der Waals surface area contributed by atoms with Crippen LogP contribution in [0, 0.1) is 5.92 Å². The fraction of sp³-hybridized carbons (Fsp3) is 0.500. The average molecular weight is 288 g/mol. The molecule has 5 heteroatoms. The molecule has 3 atom stereocenters. The molecule has 112 valence electrons. The van der Waals surface area contributed by atoms with Gasteiger partial charge in [0.1, 0.15) is 0 Å². The Morgan fingerprint density at radius 2 is 2.19 bits per heavy atom. The SMILES string of the molecule is COC(=O)[C@@H]1C[C@@H]2c3cccc(N)c3C(=O)C[C@H]2N(C)C1. The molecule has 3 rings (SSSR count). The van der Waals surface area contributed by atoms with Crippen molar-refractivity contribution in [3.63, 3.8) is 0 Å². The van der Waals surface area contributed by atoms with Crippen LogP contribution in [-0.4, -0.2) is 43.4 Å². The number of ether oxygens (including phenoxy) is 1. The minimum atomic E-state index is -0.178. The third-order valence-corrected chi connectivity index (χ3v) is 4.81. The molecular weight excluding hydrogens is 268 g/mol. The zero-order valence-corrected chi connectivity index (χ0v) is 12.3. The van der Waals surface area contributed by atoms with Crippen molar-refractivity contribution >= 4 is 17.4 Å². The lowest BCUT2D eigenvalue weighted by Crippen LogP contribution is -2.50. The number of esters is 1. The van der Waals surface area contributed by atoms with Gasteiger partial charge < -0.3 is 15.4 Å². The molecule has 5 nitrogen and oxygen atoms in total. The number of hydrogen-bond donors (Lipinski definition) is 1. The van der Waals surface area contributed by atoms with Crippen LogP contribution in [0.2, 0.25) is 0 Å². The number of fused-ring (bicyclic) bond motifs is 3. The van der Waals surface area contributed by atoms with Gasteiger partial charge >= 0.3 is 5.97 Å². The summed E-state index contributed by atoms with van der Waals surface area (Å²) in [5.41, 5.74) is 8.16. The second kappa shape index (κ2) is 5.15. The van der Waals surface area contributed by atoms with Crippen LogP contribution in [0.25, 0.3) is 0 Å². The number of methoxy groups -OCH3 is 1. The van der Waals surface area contributed by atoms with E-state index in [9.17, 15) is 9.59 Å². The summed E-state index contributed by atoms with van der Waals surface area (Å²) < 4.78 is 4.89. The van der Waals surface area contributed by atoms with Crippen molar-refractivity contribution in [2.45, 2.75) is 24.8 Å². The number of ketones is 1. The van der Waals surface area contributed by atoms with Crippen molar-refractivity contribution in [1.29, 1.82) is 0 Å². The Morgan fingerprint density at radius 3 is 2.90 bits per heavy atom. The molecule has 0 saturated carbocycles. The molecule has 1 fully saturated rings. The summed E-state index contributed by atoms with van der Waals surface area (Å²) in [5, 5.41) is 0. The predicted molar refractivity (Wildman–Crippen MR) is 79.1 cm³/mol. The van der Waals surface area contributed by atoms with Gasteiger partial charge in [-0.3, -0.25) is 9.59 Å². The highest BCUT2D eigenvalue weighted by Gasteiger charge is 2.43. The Bertz CT molecular complexity index is 599. The smallest absolute Gasteiger partial charge is 0.309 e. The van der Waals surface area contributed by atoms with Crippen LogP contribution in [0.3, 0.4) is 0 Å².